The van der Waals surface area contributed by atoms with Crippen molar-refractivity contribution in [1.82, 2.24) is 9.88 Å². The van der Waals surface area contributed by atoms with Gasteiger partial charge in [0.25, 0.3) is 0 Å². The molecule has 24 heavy (non-hydrogen) atoms. The SMILES string of the molecule is Nc1ccc(N2CCN(CC(O)COc3ccccc3)CC2)nc1. The second kappa shape index (κ2) is 7.99. The average molecular weight is 328 g/mol. The monoisotopic (exact) mass is 328 g/mol. The number of aliphatic hydroxyl groups excluding tert-OH is 1. The minimum Gasteiger partial charge on any atom is -0.491 e. The molecule has 0 amide bonds. The molecule has 0 bridgehead atoms. The number of hydrogen-bond donors (Lipinski definition) is 2. The predicted molar refractivity (Wildman–Crippen MR) is 95.2 cm³/mol. The predicted octanol–water partition coefficient (Wildman–Crippen LogP) is 1.23. The highest BCUT2D eigenvalue weighted by Gasteiger charge is 2.20. The summed E-state index contributed by atoms with van der Waals surface area (Å²) in [5, 5.41) is 10.2. The third kappa shape index (κ3) is 4.59. The Kier molecular flexibility index (Phi) is 5.51. The molecule has 2 aromatic rings. The Bertz CT molecular complexity index is 613. The van der Waals surface area contributed by atoms with Crippen molar-refractivity contribution in [3.63, 3.8) is 0 Å². The smallest absolute Gasteiger partial charge is 0.128 e. The van der Waals surface area contributed by atoms with Crippen molar-refractivity contribution in [2.45, 2.75) is 6.10 Å². The minimum atomic E-state index is -0.494. The quantitative estimate of drug-likeness (QED) is 0.831. The summed E-state index contributed by atoms with van der Waals surface area (Å²) in [5.41, 5.74) is 6.35. The molecule has 1 fully saturated rings. The van der Waals surface area contributed by atoms with Crippen LogP contribution in [0.4, 0.5) is 11.5 Å². The van der Waals surface area contributed by atoms with Gasteiger partial charge in [0, 0.05) is 32.7 Å². The Labute approximate surface area is 142 Å². The van der Waals surface area contributed by atoms with Gasteiger partial charge in [-0.15, -0.1) is 0 Å². The first-order valence-electron chi connectivity index (χ1n) is 8.25. The van der Waals surface area contributed by atoms with Gasteiger partial charge in [-0.3, -0.25) is 4.90 Å². The molecule has 1 saturated heterocycles. The number of anilines is 2. The van der Waals surface area contributed by atoms with Gasteiger partial charge in [0.2, 0.25) is 0 Å². The molecule has 1 aromatic carbocycles. The number of hydrogen-bond acceptors (Lipinski definition) is 6. The van der Waals surface area contributed by atoms with E-state index in [-0.39, 0.29) is 0 Å². The fraction of sp³-hybridized carbons (Fsp3) is 0.389. The van der Waals surface area contributed by atoms with E-state index in [1.165, 1.54) is 0 Å². The van der Waals surface area contributed by atoms with E-state index in [1.807, 2.05) is 42.5 Å². The molecule has 1 aromatic heterocycles. The van der Waals surface area contributed by atoms with Crippen molar-refractivity contribution in [3.05, 3.63) is 48.7 Å². The first-order valence-corrected chi connectivity index (χ1v) is 8.25. The van der Waals surface area contributed by atoms with Gasteiger partial charge in [0.1, 0.15) is 24.3 Å². The lowest BCUT2D eigenvalue weighted by molar-refractivity contribution is 0.0662. The highest BCUT2D eigenvalue weighted by Crippen LogP contribution is 2.15. The normalized spacial score (nSPS) is 16.8. The third-order valence-electron chi connectivity index (χ3n) is 4.12. The fourth-order valence-electron chi connectivity index (χ4n) is 2.80. The van der Waals surface area contributed by atoms with Crippen LogP contribution in [0.15, 0.2) is 48.7 Å². The van der Waals surface area contributed by atoms with E-state index < -0.39 is 6.10 Å². The van der Waals surface area contributed by atoms with Gasteiger partial charge < -0.3 is 20.5 Å². The number of benzene rings is 1. The van der Waals surface area contributed by atoms with E-state index >= 15 is 0 Å². The van der Waals surface area contributed by atoms with Crippen molar-refractivity contribution in [3.8, 4) is 5.75 Å². The van der Waals surface area contributed by atoms with Gasteiger partial charge in [-0.25, -0.2) is 4.98 Å². The van der Waals surface area contributed by atoms with Crippen LogP contribution in [0, 0.1) is 0 Å². The lowest BCUT2D eigenvalue weighted by atomic mass is 10.2. The maximum atomic E-state index is 10.2. The standard InChI is InChI=1S/C18H24N4O2/c19-15-6-7-18(20-12-15)22-10-8-21(9-11-22)13-16(23)14-24-17-4-2-1-3-5-17/h1-7,12,16,23H,8-11,13-14,19H2. The Morgan fingerprint density at radius 2 is 1.83 bits per heavy atom. The maximum Gasteiger partial charge on any atom is 0.128 e. The molecule has 6 nitrogen and oxygen atoms in total. The van der Waals surface area contributed by atoms with Gasteiger partial charge in [0.05, 0.1) is 11.9 Å². The van der Waals surface area contributed by atoms with E-state index in [4.69, 9.17) is 10.5 Å². The molecule has 0 aliphatic carbocycles. The van der Waals surface area contributed by atoms with Crippen LogP contribution >= 0.6 is 0 Å². The highest BCUT2D eigenvalue weighted by molar-refractivity contribution is 5.46. The van der Waals surface area contributed by atoms with Crippen LogP contribution in [0.25, 0.3) is 0 Å². The van der Waals surface area contributed by atoms with Crippen LogP contribution in [0.5, 0.6) is 5.75 Å². The number of aliphatic hydroxyl groups is 1. The Balaban J connectivity index is 1.41. The lowest BCUT2D eigenvalue weighted by Crippen LogP contribution is -2.49. The van der Waals surface area contributed by atoms with E-state index in [0.717, 1.165) is 37.7 Å². The van der Waals surface area contributed by atoms with E-state index in [1.54, 1.807) is 6.20 Å². The minimum absolute atomic E-state index is 0.309. The number of ether oxygens (including phenoxy) is 1. The molecule has 1 aliphatic rings. The highest BCUT2D eigenvalue weighted by atomic mass is 16.5. The number of nitrogens with two attached hydrogens (primary N) is 1. The van der Waals surface area contributed by atoms with E-state index in [0.29, 0.717) is 18.8 Å². The molecular formula is C18H24N4O2. The number of nitrogen functional groups attached to an aromatic ring is 1. The lowest BCUT2D eigenvalue weighted by Gasteiger charge is -2.36. The number of para-hydroxylation sites is 1. The van der Waals surface area contributed by atoms with E-state index in [9.17, 15) is 5.11 Å². The van der Waals surface area contributed by atoms with Gasteiger partial charge >= 0.3 is 0 Å². The number of aromatic nitrogens is 1. The summed E-state index contributed by atoms with van der Waals surface area (Å²) in [6, 6.07) is 13.4. The zero-order valence-electron chi connectivity index (χ0n) is 13.7. The van der Waals surface area contributed by atoms with Crippen LogP contribution in [-0.4, -0.2) is 60.4 Å². The first-order chi connectivity index (χ1) is 11.7. The fourth-order valence-corrected chi connectivity index (χ4v) is 2.80. The molecule has 1 unspecified atom stereocenters. The number of pyridine rings is 1. The van der Waals surface area contributed by atoms with Crippen LogP contribution in [-0.2, 0) is 0 Å². The molecule has 3 rings (SSSR count). The largest absolute Gasteiger partial charge is 0.491 e. The molecule has 2 heterocycles. The average Bonchev–Trinajstić information content (AvgIpc) is 2.62. The molecule has 1 aliphatic heterocycles. The summed E-state index contributed by atoms with van der Waals surface area (Å²) >= 11 is 0. The summed E-state index contributed by atoms with van der Waals surface area (Å²) in [4.78, 5) is 8.86. The maximum absolute atomic E-state index is 10.2. The van der Waals surface area contributed by atoms with Crippen molar-refractivity contribution in [2.24, 2.45) is 0 Å². The summed E-state index contributed by atoms with van der Waals surface area (Å²) in [6.07, 6.45) is 1.19. The molecule has 0 saturated carbocycles. The molecule has 0 spiro atoms. The number of nitrogens with zero attached hydrogens (tertiary/aromatic N) is 3. The van der Waals surface area contributed by atoms with Crippen molar-refractivity contribution in [2.75, 3.05) is 50.0 Å². The summed E-state index contributed by atoms with van der Waals surface area (Å²) in [7, 11) is 0. The second-order valence-electron chi connectivity index (χ2n) is 6.02. The van der Waals surface area contributed by atoms with Crippen molar-refractivity contribution < 1.29 is 9.84 Å². The van der Waals surface area contributed by atoms with Crippen LogP contribution < -0.4 is 15.4 Å². The van der Waals surface area contributed by atoms with Gasteiger partial charge in [-0.2, -0.15) is 0 Å². The van der Waals surface area contributed by atoms with Gasteiger partial charge in [-0.1, -0.05) is 18.2 Å². The Morgan fingerprint density at radius 3 is 2.50 bits per heavy atom. The number of rotatable bonds is 6. The second-order valence-corrected chi connectivity index (χ2v) is 6.02. The topological polar surface area (TPSA) is 74.9 Å². The molecule has 0 radical (unpaired) electrons. The molecule has 6 heteroatoms. The zero-order chi connectivity index (χ0) is 16.8. The summed E-state index contributed by atoms with van der Waals surface area (Å²) in [5.74, 6) is 1.74. The molecule has 1 atom stereocenters. The van der Waals surface area contributed by atoms with Crippen molar-refractivity contribution in [1.29, 1.82) is 0 Å². The van der Waals surface area contributed by atoms with Gasteiger partial charge in [-0.05, 0) is 24.3 Å². The Hall–Kier alpha value is -2.31. The van der Waals surface area contributed by atoms with Crippen LogP contribution in [0.1, 0.15) is 0 Å². The Morgan fingerprint density at radius 1 is 1.08 bits per heavy atom. The van der Waals surface area contributed by atoms with E-state index in [2.05, 4.69) is 14.8 Å². The van der Waals surface area contributed by atoms with Crippen LogP contribution in [0.3, 0.4) is 0 Å². The van der Waals surface area contributed by atoms with Gasteiger partial charge in [0.15, 0.2) is 0 Å². The number of piperazine rings is 1. The third-order valence-corrected chi connectivity index (χ3v) is 4.12. The summed E-state index contributed by atoms with van der Waals surface area (Å²) in [6.45, 7) is 4.51. The summed E-state index contributed by atoms with van der Waals surface area (Å²) < 4.78 is 5.60. The zero-order valence-corrected chi connectivity index (χ0v) is 13.7. The first kappa shape index (κ1) is 16.5. The van der Waals surface area contributed by atoms with Crippen LogP contribution in [0.2, 0.25) is 0 Å². The van der Waals surface area contributed by atoms with Crippen molar-refractivity contribution >= 4 is 11.5 Å². The molecule has 3 N–H and O–H groups in total. The molecular weight excluding hydrogens is 304 g/mol. The molecule has 128 valence electrons. The number of β-amino-alcohol motifs (C(OH)–C–C–N with tert-alkyl or cyclic N) is 1.